The highest BCUT2D eigenvalue weighted by atomic mass is 19.1. The summed E-state index contributed by atoms with van der Waals surface area (Å²) in [5, 5.41) is 29.4. The predicted molar refractivity (Wildman–Crippen MR) is 104 cm³/mol. The van der Waals surface area contributed by atoms with Crippen molar-refractivity contribution in [3.05, 3.63) is 30.1 Å². The van der Waals surface area contributed by atoms with E-state index in [0.29, 0.717) is 29.9 Å². The molecule has 3 N–H and O–H groups in total. The van der Waals surface area contributed by atoms with Crippen molar-refractivity contribution in [3.63, 3.8) is 0 Å². The Bertz CT molecular complexity index is 1150. The van der Waals surface area contributed by atoms with Crippen molar-refractivity contribution >= 4 is 22.6 Å². The summed E-state index contributed by atoms with van der Waals surface area (Å²) in [6.45, 7) is 4.11. The molecule has 8 nitrogen and oxygen atoms in total. The molecule has 0 spiro atoms. The summed E-state index contributed by atoms with van der Waals surface area (Å²) in [7, 11) is 1.64. The summed E-state index contributed by atoms with van der Waals surface area (Å²) in [6, 6.07) is 6.27. The molecule has 1 amide bonds. The van der Waals surface area contributed by atoms with E-state index in [9.17, 15) is 24.5 Å². The molecular weight excluding hydrogens is 381 g/mol. The minimum Gasteiger partial charge on any atom is -0.504 e. The van der Waals surface area contributed by atoms with E-state index in [2.05, 4.69) is 4.98 Å². The van der Waals surface area contributed by atoms with Gasteiger partial charge in [0.05, 0.1) is 35.3 Å². The van der Waals surface area contributed by atoms with Crippen LogP contribution in [0, 0.1) is 5.82 Å². The van der Waals surface area contributed by atoms with Crippen molar-refractivity contribution in [2.24, 2.45) is 0 Å². The maximum absolute atomic E-state index is 14.8. The molecule has 2 aromatic carbocycles. The van der Waals surface area contributed by atoms with Crippen LogP contribution in [-0.2, 0) is 15.1 Å². The topological polar surface area (TPSA) is 108 Å². The van der Waals surface area contributed by atoms with Crippen molar-refractivity contribution in [2.45, 2.75) is 19.4 Å². The highest BCUT2D eigenvalue weighted by Crippen LogP contribution is 2.44. The van der Waals surface area contributed by atoms with Crippen LogP contribution in [0.2, 0.25) is 0 Å². The van der Waals surface area contributed by atoms with Gasteiger partial charge in [0, 0.05) is 19.7 Å². The smallest absolute Gasteiger partial charge is 0.223 e. The molecule has 0 unspecified atom stereocenters. The van der Waals surface area contributed by atoms with Gasteiger partial charge in [0.2, 0.25) is 11.7 Å². The molecule has 2 heterocycles. The lowest BCUT2D eigenvalue weighted by molar-refractivity contribution is -0.116. The summed E-state index contributed by atoms with van der Waals surface area (Å²) < 4.78 is 21.9. The monoisotopic (exact) mass is 401 g/mol. The minimum absolute atomic E-state index is 0.150. The first-order valence-corrected chi connectivity index (χ1v) is 8.93. The second-order valence-corrected chi connectivity index (χ2v) is 7.47. The van der Waals surface area contributed by atoms with Crippen LogP contribution in [0.3, 0.4) is 0 Å². The second-order valence-electron chi connectivity index (χ2n) is 7.47. The maximum Gasteiger partial charge on any atom is 0.223 e. The molecule has 3 aromatic rings. The van der Waals surface area contributed by atoms with Crippen LogP contribution in [0.15, 0.2) is 24.3 Å². The number of fused-ring (bicyclic) bond motifs is 1. The Labute approximate surface area is 165 Å². The van der Waals surface area contributed by atoms with Crippen molar-refractivity contribution in [1.82, 2.24) is 9.55 Å². The van der Waals surface area contributed by atoms with Gasteiger partial charge in [-0.3, -0.25) is 4.79 Å². The van der Waals surface area contributed by atoms with Gasteiger partial charge in [-0.05, 0) is 31.2 Å². The van der Waals surface area contributed by atoms with Crippen molar-refractivity contribution in [3.8, 4) is 28.6 Å². The second kappa shape index (κ2) is 6.35. The zero-order valence-electron chi connectivity index (χ0n) is 16.1. The van der Waals surface area contributed by atoms with Crippen LogP contribution in [0.25, 0.3) is 22.4 Å². The van der Waals surface area contributed by atoms with Crippen molar-refractivity contribution < 1.29 is 29.2 Å². The van der Waals surface area contributed by atoms with E-state index in [1.54, 1.807) is 29.8 Å². The van der Waals surface area contributed by atoms with Gasteiger partial charge in [-0.1, -0.05) is 0 Å². The molecule has 0 saturated carbocycles. The largest absolute Gasteiger partial charge is 0.504 e. The fourth-order valence-electron chi connectivity index (χ4n) is 3.50. The third kappa shape index (κ3) is 2.77. The molecule has 4 rings (SSSR count). The first-order chi connectivity index (χ1) is 13.6. The first kappa shape index (κ1) is 19.0. The third-order valence-corrected chi connectivity index (χ3v) is 5.30. The number of hydrogen-bond acceptors (Lipinski definition) is 6. The van der Waals surface area contributed by atoms with Gasteiger partial charge in [-0.15, -0.1) is 0 Å². The summed E-state index contributed by atoms with van der Waals surface area (Å²) >= 11 is 0. The first-order valence-electron chi connectivity index (χ1n) is 8.93. The Morgan fingerprint density at radius 3 is 2.52 bits per heavy atom. The lowest BCUT2D eigenvalue weighted by Crippen LogP contribution is -2.49. The van der Waals surface area contributed by atoms with Gasteiger partial charge in [0.25, 0.3) is 0 Å². The number of amides is 1. The molecule has 152 valence electrons. The van der Waals surface area contributed by atoms with E-state index in [0.717, 1.165) is 6.07 Å². The van der Waals surface area contributed by atoms with Crippen LogP contribution in [0.4, 0.5) is 10.1 Å². The molecule has 9 heteroatoms. The summed E-state index contributed by atoms with van der Waals surface area (Å²) in [5.41, 5.74) is 1.12. The molecule has 1 aromatic heterocycles. The van der Waals surface area contributed by atoms with Gasteiger partial charge >= 0.3 is 0 Å². The Morgan fingerprint density at radius 2 is 1.93 bits per heavy atom. The van der Waals surface area contributed by atoms with Crippen LogP contribution < -0.4 is 4.90 Å². The number of phenolic OH excluding ortho intramolecular Hbond substituents is 3. The fourth-order valence-corrected chi connectivity index (χ4v) is 3.50. The number of carbonyl (C=O) groups excluding carboxylic acids is 1. The Kier molecular flexibility index (Phi) is 4.16. The van der Waals surface area contributed by atoms with E-state index in [1.807, 2.05) is 6.92 Å². The predicted octanol–water partition coefficient (Wildman–Crippen LogP) is 2.69. The number of carbonyl (C=O) groups is 1. The molecule has 1 aliphatic heterocycles. The molecule has 1 saturated heterocycles. The van der Waals surface area contributed by atoms with Gasteiger partial charge < -0.3 is 29.5 Å². The molecular formula is C20H20FN3O5. The van der Waals surface area contributed by atoms with E-state index < -0.39 is 28.6 Å². The number of nitrogens with zero attached hydrogens (tertiary/aromatic N) is 3. The zero-order chi connectivity index (χ0) is 21.1. The lowest BCUT2D eigenvalue weighted by Gasteiger charge is -2.40. The quantitative estimate of drug-likeness (QED) is 0.583. The molecule has 0 aliphatic carbocycles. The molecule has 1 aliphatic rings. The Balaban J connectivity index is 2.01. The average molecular weight is 401 g/mol. The zero-order valence-corrected chi connectivity index (χ0v) is 16.1. The number of imidazole rings is 1. The number of benzene rings is 2. The Hall–Kier alpha value is -3.33. The molecule has 0 bridgehead atoms. The van der Waals surface area contributed by atoms with Crippen LogP contribution in [0.5, 0.6) is 17.2 Å². The standard InChI is InChI=1S/C20H20FN3O5/c1-10(25)23(3)11-4-5-14-13(6-11)22-19(24(14)20(2)8-29-9-20)12-7-15(26)17(27)18(28)16(12)21/h4-7,26-28H,8-9H2,1-3H3. The van der Waals surface area contributed by atoms with Crippen LogP contribution >= 0.6 is 0 Å². The fraction of sp³-hybridized carbons (Fsp3) is 0.300. The highest BCUT2D eigenvalue weighted by Gasteiger charge is 2.39. The average Bonchev–Trinajstić information content (AvgIpc) is 3.05. The SMILES string of the molecule is CC(=O)N(C)c1ccc2c(c1)nc(-c1cc(O)c(O)c(O)c1F)n2C1(C)COC1. The minimum atomic E-state index is -1.10. The number of rotatable bonds is 3. The van der Waals surface area contributed by atoms with Gasteiger partial charge in [0.15, 0.2) is 17.3 Å². The van der Waals surface area contributed by atoms with Crippen LogP contribution in [0.1, 0.15) is 13.8 Å². The summed E-state index contributed by atoms with van der Waals surface area (Å²) in [6.07, 6.45) is 0. The normalized spacial score (nSPS) is 15.3. The van der Waals surface area contributed by atoms with Crippen LogP contribution in [-0.4, -0.2) is 51.0 Å². The van der Waals surface area contributed by atoms with Gasteiger partial charge in [-0.2, -0.15) is 0 Å². The maximum atomic E-state index is 14.8. The third-order valence-electron chi connectivity index (χ3n) is 5.30. The van der Waals surface area contributed by atoms with E-state index >= 15 is 0 Å². The summed E-state index contributed by atoms with van der Waals surface area (Å²) in [4.78, 5) is 17.7. The number of aromatic nitrogens is 2. The van der Waals surface area contributed by atoms with Crippen molar-refractivity contribution in [2.75, 3.05) is 25.2 Å². The number of halogens is 1. The van der Waals surface area contributed by atoms with E-state index in [-0.39, 0.29) is 17.3 Å². The van der Waals surface area contributed by atoms with E-state index in [1.165, 1.54) is 11.8 Å². The number of hydrogen-bond donors (Lipinski definition) is 3. The molecule has 1 fully saturated rings. The number of anilines is 1. The van der Waals surface area contributed by atoms with Gasteiger partial charge in [0.1, 0.15) is 5.82 Å². The lowest BCUT2D eigenvalue weighted by atomic mass is 9.98. The Morgan fingerprint density at radius 1 is 1.24 bits per heavy atom. The number of aromatic hydroxyl groups is 3. The number of phenols is 3. The molecule has 29 heavy (non-hydrogen) atoms. The van der Waals surface area contributed by atoms with E-state index in [4.69, 9.17) is 4.74 Å². The van der Waals surface area contributed by atoms with Gasteiger partial charge in [-0.25, -0.2) is 9.37 Å². The highest BCUT2D eigenvalue weighted by molar-refractivity contribution is 5.94. The molecule has 0 radical (unpaired) electrons. The number of ether oxygens (including phenoxy) is 1. The summed E-state index contributed by atoms with van der Waals surface area (Å²) in [5.74, 6) is -3.73. The van der Waals surface area contributed by atoms with Crippen molar-refractivity contribution in [1.29, 1.82) is 0 Å². The molecule has 0 atom stereocenters.